The van der Waals surface area contributed by atoms with Crippen LogP contribution in [0, 0.1) is 5.82 Å². The molecule has 1 aromatic carbocycles. The number of aromatic hydroxyl groups is 1. The monoisotopic (exact) mass is 240 g/mol. The summed E-state index contributed by atoms with van der Waals surface area (Å²) in [6.45, 7) is 3.21. The smallest absolute Gasteiger partial charge is 0.256 e. The van der Waals surface area contributed by atoms with Crippen molar-refractivity contribution in [1.82, 2.24) is 4.90 Å². The first-order valence-corrected chi connectivity index (χ1v) is 5.58. The number of carbonyl (C=O) groups is 1. The van der Waals surface area contributed by atoms with Crippen LogP contribution in [0.15, 0.2) is 18.2 Å². The minimum absolute atomic E-state index is 0.0373. The number of nitrogens with zero attached hydrogens (tertiary/aromatic N) is 1. The summed E-state index contributed by atoms with van der Waals surface area (Å²) in [5.74, 6) is -1.30. The summed E-state index contributed by atoms with van der Waals surface area (Å²) in [5, 5.41) is 9.08. The third kappa shape index (κ3) is 3.42. The molecule has 0 atom stereocenters. The topological polar surface area (TPSA) is 66.6 Å². The number of rotatable bonds is 5. The molecule has 0 radical (unpaired) electrons. The average Bonchev–Trinajstić information content (AvgIpc) is 2.28. The van der Waals surface area contributed by atoms with Crippen molar-refractivity contribution in [3.63, 3.8) is 0 Å². The highest BCUT2D eigenvalue weighted by atomic mass is 19.1. The van der Waals surface area contributed by atoms with Crippen LogP contribution < -0.4 is 5.73 Å². The van der Waals surface area contributed by atoms with E-state index >= 15 is 0 Å². The molecule has 1 amide bonds. The average molecular weight is 240 g/mol. The fraction of sp³-hybridized carbons (Fsp3) is 0.417. The summed E-state index contributed by atoms with van der Waals surface area (Å²) in [7, 11) is 0. The Hall–Kier alpha value is -1.62. The number of amides is 1. The van der Waals surface area contributed by atoms with Crippen LogP contribution in [-0.2, 0) is 0 Å². The maximum absolute atomic E-state index is 13.5. The summed E-state index contributed by atoms with van der Waals surface area (Å²) in [6, 6.07) is 3.51. The molecule has 0 aromatic heterocycles. The standard InChI is InChI=1S/C12H17FN2O2/c1-2-6-15(7-5-14)12(17)10-4-3-9(16)8-11(10)13/h3-4,8,16H,2,5-7,14H2,1H3. The Morgan fingerprint density at radius 2 is 2.18 bits per heavy atom. The molecule has 1 aromatic rings. The lowest BCUT2D eigenvalue weighted by Gasteiger charge is -2.21. The predicted molar refractivity (Wildman–Crippen MR) is 63.3 cm³/mol. The fourth-order valence-corrected chi connectivity index (χ4v) is 1.59. The van der Waals surface area contributed by atoms with Crippen LogP contribution in [0.4, 0.5) is 4.39 Å². The molecule has 0 spiro atoms. The van der Waals surface area contributed by atoms with Crippen molar-refractivity contribution in [2.75, 3.05) is 19.6 Å². The van der Waals surface area contributed by atoms with Gasteiger partial charge < -0.3 is 15.7 Å². The van der Waals surface area contributed by atoms with Crippen LogP contribution in [0.25, 0.3) is 0 Å². The Morgan fingerprint density at radius 1 is 1.47 bits per heavy atom. The Morgan fingerprint density at radius 3 is 2.71 bits per heavy atom. The van der Waals surface area contributed by atoms with E-state index in [0.29, 0.717) is 19.6 Å². The molecule has 0 fully saturated rings. The largest absolute Gasteiger partial charge is 0.508 e. The molecule has 0 aliphatic heterocycles. The molecular formula is C12H17FN2O2. The van der Waals surface area contributed by atoms with Gasteiger partial charge in [-0.15, -0.1) is 0 Å². The molecule has 0 saturated carbocycles. The summed E-state index contributed by atoms with van der Waals surface area (Å²) in [6.07, 6.45) is 0.783. The van der Waals surface area contributed by atoms with Crippen LogP contribution >= 0.6 is 0 Å². The summed E-state index contributed by atoms with van der Waals surface area (Å²) in [5.41, 5.74) is 5.37. The van der Waals surface area contributed by atoms with Crippen molar-refractivity contribution < 1.29 is 14.3 Å². The predicted octanol–water partition coefficient (Wildman–Crippen LogP) is 1.34. The number of hydrogen-bond acceptors (Lipinski definition) is 3. The molecule has 3 N–H and O–H groups in total. The van der Waals surface area contributed by atoms with Gasteiger partial charge in [-0.1, -0.05) is 6.92 Å². The molecule has 0 bridgehead atoms. The summed E-state index contributed by atoms with van der Waals surface area (Å²) >= 11 is 0. The van der Waals surface area contributed by atoms with Gasteiger partial charge in [0.2, 0.25) is 0 Å². The van der Waals surface area contributed by atoms with E-state index in [1.807, 2.05) is 6.92 Å². The number of carbonyl (C=O) groups excluding carboxylic acids is 1. The van der Waals surface area contributed by atoms with Crippen molar-refractivity contribution in [3.05, 3.63) is 29.6 Å². The maximum atomic E-state index is 13.5. The quantitative estimate of drug-likeness (QED) is 0.816. The fourth-order valence-electron chi connectivity index (χ4n) is 1.59. The Labute approximate surface area is 99.8 Å². The molecule has 94 valence electrons. The van der Waals surface area contributed by atoms with Gasteiger partial charge in [-0.3, -0.25) is 4.79 Å². The summed E-state index contributed by atoms with van der Waals surface area (Å²) < 4.78 is 13.5. The van der Waals surface area contributed by atoms with E-state index in [9.17, 15) is 9.18 Å². The van der Waals surface area contributed by atoms with Gasteiger partial charge in [0.05, 0.1) is 5.56 Å². The molecule has 0 aliphatic rings. The van der Waals surface area contributed by atoms with E-state index < -0.39 is 11.7 Å². The number of hydrogen-bond donors (Lipinski definition) is 2. The lowest BCUT2D eigenvalue weighted by Crippen LogP contribution is -2.36. The van der Waals surface area contributed by atoms with Crippen molar-refractivity contribution in [2.45, 2.75) is 13.3 Å². The zero-order valence-corrected chi connectivity index (χ0v) is 9.82. The van der Waals surface area contributed by atoms with Gasteiger partial charge in [-0.05, 0) is 18.6 Å². The van der Waals surface area contributed by atoms with Crippen molar-refractivity contribution >= 4 is 5.91 Å². The summed E-state index contributed by atoms with van der Waals surface area (Å²) in [4.78, 5) is 13.5. The normalized spacial score (nSPS) is 10.3. The number of benzene rings is 1. The molecule has 1 rings (SSSR count). The molecule has 0 unspecified atom stereocenters. The van der Waals surface area contributed by atoms with E-state index in [2.05, 4.69) is 0 Å². The zero-order valence-electron chi connectivity index (χ0n) is 9.82. The Kier molecular flexibility index (Phi) is 4.90. The van der Waals surface area contributed by atoms with Gasteiger partial charge in [-0.2, -0.15) is 0 Å². The van der Waals surface area contributed by atoms with E-state index in [-0.39, 0.29) is 11.3 Å². The highest BCUT2D eigenvalue weighted by molar-refractivity contribution is 5.94. The van der Waals surface area contributed by atoms with Crippen molar-refractivity contribution in [1.29, 1.82) is 0 Å². The van der Waals surface area contributed by atoms with E-state index in [0.717, 1.165) is 12.5 Å². The number of halogens is 1. The van der Waals surface area contributed by atoms with Crippen LogP contribution in [-0.4, -0.2) is 35.5 Å². The van der Waals surface area contributed by atoms with Crippen LogP contribution in [0.3, 0.4) is 0 Å². The first-order valence-electron chi connectivity index (χ1n) is 5.58. The third-order valence-electron chi connectivity index (χ3n) is 2.36. The molecule has 5 heteroatoms. The number of phenols is 1. The minimum Gasteiger partial charge on any atom is -0.508 e. The van der Waals surface area contributed by atoms with Crippen LogP contribution in [0.2, 0.25) is 0 Å². The maximum Gasteiger partial charge on any atom is 0.256 e. The molecule has 17 heavy (non-hydrogen) atoms. The zero-order chi connectivity index (χ0) is 12.8. The second-order valence-electron chi connectivity index (χ2n) is 3.75. The van der Waals surface area contributed by atoms with Crippen LogP contribution in [0.5, 0.6) is 5.75 Å². The van der Waals surface area contributed by atoms with Gasteiger partial charge in [-0.25, -0.2) is 4.39 Å². The molecule has 0 aliphatic carbocycles. The van der Waals surface area contributed by atoms with Gasteiger partial charge in [0.25, 0.3) is 5.91 Å². The van der Waals surface area contributed by atoms with E-state index in [4.69, 9.17) is 10.8 Å². The number of nitrogens with two attached hydrogens (primary N) is 1. The second-order valence-corrected chi connectivity index (χ2v) is 3.75. The van der Waals surface area contributed by atoms with E-state index in [1.54, 1.807) is 0 Å². The molecular weight excluding hydrogens is 223 g/mol. The first kappa shape index (κ1) is 13.4. The van der Waals surface area contributed by atoms with Crippen molar-refractivity contribution in [3.8, 4) is 5.75 Å². The second kappa shape index (κ2) is 6.20. The lowest BCUT2D eigenvalue weighted by atomic mass is 10.1. The van der Waals surface area contributed by atoms with Gasteiger partial charge in [0.1, 0.15) is 11.6 Å². The van der Waals surface area contributed by atoms with Gasteiger partial charge in [0, 0.05) is 25.7 Å². The van der Waals surface area contributed by atoms with Gasteiger partial charge in [0.15, 0.2) is 0 Å². The molecule has 0 heterocycles. The van der Waals surface area contributed by atoms with Crippen LogP contribution in [0.1, 0.15) is 23.7 Å². The SMILES string of the molecule is CCCN(CCN)C(=O)c1ccc(O)cc1F. The third-order valence-corrected chi connectivity index (χ3v) is 2.36. The minimum atomic E-state index is -0.715. The highest BCUT2D eigenvalue weighted by Crippen LogP contribution is 2.16. The van der Waals surface area contributed by atoms with Gasteiger partial charge >= 0.3 is 0 Å². The van der Waals surface area contributed by atoms with Crippen molar-refractivity contribution in [2.24, 2.45) is 5.73 Å². The number of phenolic OH excluding ortho intramolecular Hbond substituents is 1. The Bertz CT molecular complexity index is 390. The Balaban J connectivity index is 2.92. The van der Waals surface area contributed by atoms with E-state index in [1.165, 1.54) is 17.0 Å². The molecule has 4 nitrogen and oxygen atoms in total. The lowest BCUT2D eigenvalue weighted by molar-refractivity contribution is 0.0755. The molecule has 0 saturated heterocycles. The first-order chi connectivity index (χ1) is 8.10. The highest BCUT2D eigenvalue weighted by Gasteiger charge is 2.18.